The van der Waals surface area contributed by atoms with E-state index in [-0.39, 0.29) is 26.2 Å². The van der Waals surface area contributed by atoms with Crippen molar-refractivity contribution in [3.8, 4) is 11.5 Å². The van der Waals surface area contributed by atoms with Gasteiger partial charge >= 0.3 is 15.6 Å². The van der Waals surface area contributed by atoms with Crippen molar-refractivity contribution >= 4 is 20.4 Å². The number of aromatic hydroxyl groups is 2. The summed E-state index contributed by atoms with van der Waals surface area (Å²) in [6, 6.07) is 16.4. The van der Waals surface area contributed by atoms with Crippen LogP contribution in [-0.2, 0) is 13.7 Å². The van der Waals surface area contributed by atoms with Crippen LogP contribution in [0.25, 0.3) is 0 Å². The summed E-state index contributed by atoms with van der Waals surface area (Å²) < 4.78 is 69.3. The number of alkyl halides is 3. The Morgan fingerprint density at radius 3 is 1.37 bits per heavy atom. The molecule has 0 aliphatic rings. The second-order valence-electron chi connectivity index (χ2n) is 6.32. The molecule has 0 saturated carbocycles. The van der Waals surface area contributed by atoms with Gasteiger partial charge in [0.25, 0.3) is 0 Å². The van der Waals surface area contributed by atoms with Crippen molar-refractivity contribution in [2.75, 3.05) is 0 Å². The second kappa shape index (κ2) is 7.86. The molecular weight excluding hydrogens is 441 g/mol. The van der Waals surface area contributed by atoms with Gasteiger partial charge in [-0.25, -0.2) is 0 Å². The highest BCUT2D eigenvalue weighted by Crippen LogP contribution is 2.70. The van der Waals surface area contributed by atoms with E-state index < -0.39 is 25.9 Å². The third-order valence-corrected chi connectivity index (χ3v) is 9.07. The second-order valence-corrected chi connectivity index (χ2v) is 10.8. The fourth-order valence-corrected chi connectivity index (χ4v) is 7.41. The molecule has 0 unspecified atom stereocenters. The average Bonchev–Trinajstić information content (AvgIpc) is 2.67. The van der Waals surface area contributed by atoms with Gasteiger partial charge in [0.2, 0.25) is 0 Å². The van der Waals surface area contributed by atoms with E-state index in [4.69, 9.17) is 3.63 Å². The minimum atomic E-state index is -6.02. The molecule has 0 aliphatic carbocycles. The third-order valence-electron chi connectivity index (χ3n) is 4.17. The molecule has 0 atom stereocenters. The first-order valence-corrected chi connectivity index (χ1v) is 11.4. The van der Waals surface area contributed by atoms with Gasteiger partial charge in [-0.15, -0.1) is 0 Å². The number of halogens is 3. The van der Waals surface area contributed by atoms with Gasteiger partial charge in [0, 0.05) is 14.7 Å². The Labute approximate surface area is 173 Å². The standard InChI is InChI=1S/C20H17F3O5S2/c1-14-2-8-17(9-3-14)29(18-10-4-15(24)5-11-18,19-12-6-16(25)7-13-19)28-30(26,27)20(21,22)23/h2-13,24-25H,1H3. The molecule has 0 spiro atoms. The molecule has 3 aromatic rings. The van der Waals surface area contributed by atoms with Crippen LogP contribution in [0.15, 0.2) is 87.5 Å². The van der Waals surface area contributed by atoms with Crippen molar-refractivity contribution in [3.05, 3.63) is 78.4 Å². The molecule has 0 radical (unpaired) electrons. The number of phenols is 2. The Morgan fingerprint density at radius 2 is 1.03 bits per heavy atom. The van der Waals surface area contributed by atoms with E-state index in [0.717, 1.165) is 5.56 Å². The lowest BCUT2D eigenvalue weighted by Gasteiger charge is -2.39. The Bertz CT molecular complexity index is 1010. The van der Waals surface area contributed by atoms with Gasteiger partial charge in [0.05, 0.1) is 0 Å². The van der Waals surface area contributed by atoms with Gasteiger partial charge in [0.15, 0.2) is 0 Å². The minimum Gasteiger partial charge on any atom is -0.508 e. The molecule has 0 bridgehead atoms. The first-order valence-electron chi connectivity index (χ1n) is 8.46. The minimum absolute atomic E-state index is 0.114. The number of aryl methyl sites for hydroxylation is 1. The fourth-order valence-electron chi connectivity index (χ4n) is 2.70. The number of hydrogen-bond acceptors (Lipinski definition) is 5. The summed E-state index contributed by atoms with van der Waals surface area (Å²) in [5, 5.41) is 19.3. The topological polar surface area (TPSA) is 83.8 Å². The van der Waals surface area contributed by atoms with Crippen molar-refractivity contribution in [2.24, 2.45) is 0 Å². The van der Waals surface area contributed by atoms with Crippen LogP contribution >= 0.6 is 10.3 Å². The van der Waals surface area contributed by atoms with Crippen LogP contribution < -0.4 is 0 Å². The maximum absolute atomic E-state index is 13.3. The van der Waals surface area contributed by atoms with Gasteiger partial charge in [-0.3, -0.25) is 0 Å². The molecule has 0 heterocycles. The molecule has 3 aromatic carbocycles. The smallest absolute Gasteiger partial charge is 0.508 e. The highest BCUT2D eigenvalue weighted by atomic mass is 32.3. The van der Waals surface area contributed by atoms with Gasteiger partial charge in [-0.2, -0.15) is 25.2 Å². The van der Waals surface area contributed by atoms with Crippen LogP contribution in [0.4, 0.5) is 13.2 Å². The predicted octanol–water partition coefficient (Wildman–Crippen LogP) is 5.47. The van der Waals surface area contributed by atoms with E-state index in [1.165, 1.54) is 60.7 Å². The Hall–Kier alpha value is -2.69. The fraction of sp³-hybridized carbons (Fsp3) is 0.100. The summed E-state index contributed by atoms with van der Waals surface area (Å²) in [4.78, 5) is 0.419. The Kier molecular flexibility index (Phi) is 5.76. The Balaban J connectivity index is 2.40. The first-order chi connectivity index (χ1) is 14.0. The average molecular weight is 458 g/mol. The van der Waals surface area contributed by atoms with Crippen LogP contribution in [0.2, 0.25) is 0 Å². The van der Waals surface area contributed by atoms with E-state index >= 15 is 0 Å². The van der Waals surface area contributed by atoms with E-state index in [2.05, 4.69) is 0 Å². The molecule has 5 nitrogen and oxygen atoms in total. The number of hydrogen-bond donors (Lipinski definition) is 2. The third kappa shape index (κ3) is 4.11. The maximum atomic E-state index is 13.3. The normalized spacial score (nSPS) is 13.2. The van der Waals surface area contributed by atoms with Gasteiger partial charge in [-0.1, -0.05) is 17.7 Å². The maximum Gasteiger partial charge on any atom is 0.524 e. The summed E-state index contributed by atoms with van der Waals surface area (Å²) in [7, 11) is -9.47. The molecule has 0 fully saturated rings. The predicted molar refractivity (Wildman–Crippen MR) is 106 cm³/mol. The molecule has 3 rings (SSSR count). The molecule has 160 valence electrons. The van der Waals surface area contributed by atoms with E-state index in [1.807, 2.05) is 0 Å². The van der Waals surface area contributed by atoms with Gasteiger partial charge in [-0.05, 0) is 77.9 Å². The Morgan fingerprint density at radius 1 is 0.700 bits per heavy atom. The molecule has 0 aromatic heterocycles. The summed E-state index contributed by atoms with van der Waals surface area (Å²) in [5.41, 5.74) is -4.84. The number of benzene rings is 3. The number of phenolic OH excluding ortho intramolecular Hbond substituents is 2. The lowest BCUT2D eigenvalue weighted by atomic mass is 10.2. The van der Waals surface area contributed by atoms with E-state index in [1.54, 1.807) is 19.1 Å². The molecule has 0 saturated heterocycles. The summed E-state index contributed by atoms with van der Waals surface area (Å²) in [6.45, 7) is 1.77. The van der Waals surface area contributed by atoms with E-state index in [9.17, 15) is 31.8 Å². The van der Waals surface area contributed by atoms with Crippen molar-refractivity contribution in [1.82, 2.24) is 0 Å². The van der Waals surface area contributed by atoms with Crippen LogP contribution in [-0.4, -0.2) is 24.1 Å². The van der Waals surface area contributed by atoms with Gasteiger partial charge < -0.3 is 10.2 Å². The van der Waals surface area contributed by atoms with Crippen molar-refractivity contribution < 1.29 is 35.4 Å². The summed E-state index contributed by atoms with van der Waals surface area (Å²) >= 11 is 0. The summed E-state index contributed by atoms with van der Waals surface area (Å²) in [6.07, 6.45) is 0. The monoisotopic (exact) mass is 458 g/mol. The SMILES string of the molecule is Cc1ccc(S(OS(=O)(=O)C(F)(F)F)(c2ccc(O)cc2)c2ccc(O)cc2)cc1. The highest BCUT2D eigenvalue weighted by molar-refractivity contribution is 8.33. The quantitative estimate of drug-likeness (QED) is 0.496. The lowest BCUT2D eigenvalue weighted by molar-refractivity contribution is -0.0496. The van der Waals surface area contributed by atoms with Crippen LogP contribution in [0.1, 0.15) is 5.56 Å². The van der Waals surface area contributed by atoms with Crippen molar-refractivity contribution in [2.45, 2.75) is 27.1 Å². The van der Waals surface area contributed by atoms with Crippen molar-refractivity contribution in [1.29, 1.82) is 0 Å². The lowest BCUT2D eigenvalue weighted by Crippen LogP contribution is -2.27. The molecular formula is C20H17F3O5S2. The van der Waals surface area contributed by atoms with Gasteiger partial charge in [0.1, 0.15) is 11.5 Å². The first kappa shape index (κ1) is 22.0. The summed E-state index contributed by atoms with van der Waals surface area (Å²) in [5.74, 6) is -0.305. The van der Waals surface area contributed by atoms with E-state index in [0.29, 0.717) is 0 Å². The van der Waals surface area contributed by atoms with Crippen LogP contribution in [0.5, 0.6) is 11.5 Å². The van der Waals surface area contributed by atoms with Crippen molar-refractivity contribution in [3.63, 3.8) is 0 Å². The zero-order valence-corrected chi connectivity index (χ0v) is 17.1. The number of rotatable bonds is 5. The highest BCUT2D eigenvalue weighted by Gasteiger charge is 2.52. The molecule has 2 N–H and O–H groups in total. The zero-order valence-electron chi connectivity index (χ0n) is 15.5. The zero-order chi connectivity index (χ0) is 22.2. The molecule has 30 heavy (non-hydrogen) atoms. The van der Waals surface area contributed by atoms with Crippen LogP contribution in [0.3, 0.4) is 0 Å². The largest absolute Gasteiger partial charge is 0.524 e. The molecule has 0 amide bonds. The molecule has 10 heteroatoms. The molecule has 0 aliphatic heterocycles. The van der Waals surface area contributed by atoms with Crippen LogP contribution in [0, 0.1) is 6.92 Å².